The Kier molecular flexibility index (Phi) is 9.78. The number of nitrogens with zero attached hydrogens (tertiary/aromatic N) is 2. The Hall–Kier alpha value is -4.52. The third-order valence-electron chi connectivity index (χ3n) is 9.01. The van der Waals surface area contributed by atoms with Gasteiger partial charge in [0.25, 0.3) is 0 Å². The second kappa shape index (κ2) is 13.3. The maximum absolute atomic E-state index is 12.3. The Bertz CT molecular complexity index is 1600. The summed E-state index contributed by atoms with van der Waals surface area (Å²) in [4.78, 5) is 74.9. The van der Waals surface area contributed by atoms with Gasteiger partial charge in [0.1, 0.15) is 58.5 Å². The lowest BCUT2D eigenvalue weighted by molar-refractivity contribution is -0.161. The first kappa shape index (κ1) is 36.8. The summed E-state index contributed by atoms with van der Waals surface area (Å²) in [5.41, 5.74) is 12.8. The molecule has 50 heavy (non-hydrogen) atoms. The van der Waals surface area contributed by atoms with Crippen molar-refractivity contribution in [2.24, 2.45) is 11.5 Å². The third-order valence-corrected chi connectivity index (χ3v) is 12.2. The highest BCUT2D eigenvalue weighted by atomic mass is 32.2. The molecule has 4 heterocycles. The van der Waals surface area contributed by atoms with E-state index in [4.69, 9.17) is 11.5 Å². The van der Waals surface area contributed by atoms with Crippen molar-refractivity contribution in [2.45, 2.75) is 84.2 Å². The number of fused-ring (bicyclic) bond motifs is 2. The summed E-state index contributed by atoms with van der Waals surface area (Å²) in [6.07, 6.45) is 0. The minimum absolute atomic E-state index is 0.0606. The predicted octanol–water partition coefficient (Wildman–Crippen LogP) is 0.0474. The van der Waals surface area contributed by atoms with Crippen molar-refractivity contribution < 1.29 is 49.2 Å². The summed E-state index contributed by atoms with van der Waals surface area (Å²) in [7, 11) is 0. The smallest absolute Gasteiger partial charge is 0.327 e. The van der Waals surface area contributed by atoms with Gasteiger partial charge in [-0.2, -0.15) is 0 Å². The summed E-state index contributed by atoms with van der Waals surface area (Å²) >= 11 is 2.71. The maximum Gasteiger partial charge on any atom is 0.327 e. The van der Waals surface area contributed by atoms with E-state index in [1.54, 1.807) is 27.7 Å². The number of phenols is 2. The molecule has 4 aliphatic heterocycles. The SMILES string of the molecule is CC1(C)S[C@@H]2[C@H](NC(=O)[C@H](N)c3ccc(O)cc3)C(=O)N2[C@H]1C(=O)O.CC1(C)S[C@@H]2[C@H](NC(=O)[C@H](N)c3ccc(O)cc3)C(=O)N2[C@H]1C(=O)O. The lowest BCUT2D eigenvalue weighted by Gasteiger charge is -2.43. The van der Waals surface area contributed by atoms with E-state index in [-0.39, 0.29) is 11.5 Å². The minimum Gasteiger partial charge on any atom is -0.508 e. The fraction of sp³-hybridized carbons (Fsp3) is 0.438. The van der Waals surface area contributed by atoms with Gasteiger partial charge in [0.15, 0.2) is 0 Å². The average molecular weight is 731 g/mol. The van der Waals surface area contributed by atoms with Gasteiger partial charge in [0.05, 0.1) is 0 Å². The number of nitrogens with two attached hydrogens (primary N) is 2. The van der Waals surface area contributed by atoms with Crippen LogP contribution in [-0.2, 0) is 28.8 Å². The van der Waals surface area contributed by atoms with Crippen molar-refractivity contribution in [2.75, 3.05) is 0 Å². The van der Waals surface area contributed by atoms with E-state index in [9.17, 15) is 49.2 Å². The van der Waals surface area contributed by atoms with E-state index < -0.39 is 92.1 Å². The number of β-lactam (4-membered cyclic amide) rings is 2. The summed E-state index contributed by atoms with van der Waals surface area (Å²) in [6.45, 7) is 7.07. The Morgan fingerprint density at radius 2 is 0.960 bits per heavy atom. The predicted molar refractivity (Wildman–Crippen MR) is 181 cm³/mol. The van der Waals surface area contributed by atoms with E-state index in [0.29, 0.717) is 11.1 Å². The Balaban J connectivity index is 0.000000194. The molecular weight excluding hydrogens is 693 g/mol. The van der Waals surface area contributed by atoms with Crippen LogP contribution in [0.15, 0.2) is 48.5 Å². The van der Waals surface area contributed by atoms with Gasteiger partial charge in [-0.15, -0.1) is 23.5 Å². The highest BCUT2D eigenvalue weighted by molar-refractivity contribution is 8.02. The van der Waals surface area contributed by atoms with Gasteiger partial charge in [0, 0.05) is 9.49 Å². The number of amides is 4. The number of carbonyl (C=O) groups excluding carboxylic acids is 4. The number of carboxylic acids is 2. The van der Waals surface area contributed by atoms with E-state index in [0.717, 1.165) is 0 Å². The van der Waals surface area contributed by atoms with Crippen LogP contribution in [0.4, 0.5) is 0 Å². The average Bonchev–Trinajstić information content (AvgIpc) is 3.47. The minimum atomic E-state index is -1.06. The van der Waals surface area contributed by atoms with Crippen LogP contribution in [-0.4, -0.2) is 110 Å². The lowest BCUT2D eigenvalue weighted by Crippen LogP contribution is -2.71. The van der Waals surface area contributed by atoms with Gasteiger partial charge >= 0.3 is 11.9 Å². The molecule has 2 aromatic carbocycles. The number of aromatic hydroxyl groups is 2. The monoisotopic (exact) mass is 730 g/mol. The molecule has 0 unspecified atom stereocenters. The van der Waals surface area contributed by atoms with Crippen LogP contribution >= 0.6 is 23.5 Å². The molecule has 6 rings (SSSR count). The Morgan fingerprint density at radius 3 is 1.24 bits per heavy atom. The quantitative estimate of drug-likeness (QED) is 0.167. The topological polar surface area (TPSA) is 266 Å². The zero-order valence-corrected chi connectivity index (χ0v) is 29.0. The van der Waals surface area contributed by atoms with Crippen LogP contribution in [0.3, 0.4) is 0 Å². The number of carbonyl (C=O) groups is 6. The number of thioether (sulfide) groups is 2. The van der Waals surface area contributed by atoms with Gasteiger partial charge in [0.2, 0.25) is 23.6 Å². The lowest BCUT2D eigenvalue weighted by atomic mass is 9.95. The zero-order chi connectivity index (χ0) is 37.0. The molecule has 0 aliphatic carbocycles. The molecule has 0 saturated carbocycles. The number of rotatable bonds is 8. The van der Waals surface area contributed by atoms with E-state index in [2.05, 4.69) is 10.6 Å². The molecule has 10 N–H and O–H groups in total. The number of hydrogen-bond acceptors (Lipinski definition) is 12. The molecule has 16 nitrogen and oxygen atoms in total. The normalized spacial score (nSPS) is 28.0. The Morgan fingerprint density at radius 1 is 0.660 bits per heavy atom. The molecule has 0 spiro atoms. The van der Waals surface area contributed by atoms with E-state index in [1.807, 2.05) is 0 Å². The van der Waals surface area contributed by atoms with Crippen LogP contribution in [0.25, 0.3) is 0 Å². The number of phenolic OH excluding ortho intramolecular Hbond substituents is 2. The summed E-state index contributed by atoms with van der Waals surface area (Å²) in [5, 5.41) is 41.7. The summed E-state index contributed by atoms with van der Waals surface area (Å²) < 4.78 is -1.30. The number of carboxylic acid groups (broad SMARTS) is 2. The number of aliphatic carboxylic acids is 2. The number of hydrogen-bond donors (Lipinski definition) is 8. The first-order valence-corrected chi connectivity index (χ1v) is 17.2. The summed E-state index contributed by atoms with van der Waals surface area (Å²) in [5.74, 6) is -3.88. The standard InChI is InChI=1S/2C16H19N3O5S/c2*1-16(2)11(15(23)24)19-13(22)10(14(19)25-16)18-12(21)9(17)7-3-5-8(20)6-4-7/h2*3-6,9-11,14,20H,17H2,1-2H3,(H,18,21)(H,23,24)/t2*9-,10-,11+,14-/m11/s1. The van der Waals surface area contributed by atoms with Crippen LogP contribution in [0.5, 0.6) is 11.5 Å². The van der Waals surface area contributed by atoms with Crippen molar-refractivity contribution in [3.8, 4) is 11.5 Å². The second-order valence-electron chi connectivity index (χ2n) is 13.3. The molecule has 2 aromatic rings. The fourth-order valence-corrected chi connectivity index (χ4v) is 9.69. The molecule has 4 amide bonds. The number of benzene rings is 2. The van der Waals surface area contributed by atoms with Crippen LogP contribution in [0.1, 0.15) is 50.9 Å². The first-order valence-electron chi connectivity index (χ1n) is 15.4. The van der Waals surface area contributed by atoms with Crippen LogP contribution in [0.2, 0.25) is 0 Å². The molecule has 18 heteroatoms. The van der Waals surface area contributed by atoms with Crippen LogP contribution in [0, 0.1) is 0 Å². The van der Waals surface area contributed by atoms with Gasteiger partial charge in [-0.25, -0.2) is 9.59 Å². The van der Waals surface area contributed by atoms with Crippen molar-refractivity contribution in [3.63, 3.8) is 0 Å². The number of nitrogens with one attached hydrogen (secondary N) is 2. The molecule has 8 atom stereocenters. The molecule has 4 aliphatic rings. The van der Waals surface area contributed by atoms with Crippen molar-refractivity contribution in [1.29, 1.82) is 0 Å². The third kappa shape index (κ3) is 6.55. The zero-order valence-electron chi connectivity index (χ0n) is 27.3. The second-order valence-corrected chi connectivity index (χ2v) is 16.8. The van der Waals surface area contributed by atoms with Crippen molar-refractivity contribution in [3.05, 3.63) is 59.7 Å². The van der Waals surface area contributed by atoms with Gasteiger partial charge in [-0.05, 0) is 63.1 Å². The maximum atomic E-state index is 12.3. The van der Waals surface area contributed by atoms with Gasteiger partial charge in [-0.3, -0.25) is 19.2 Å². The van der Waals surface area contributed by atoms with Gasteiger partial charge < -0.3 is 52.3 Å². The molecule has 4 fully saturated rings. The van der Waals surface area contributed by atoms with E-state index in [1.165, 1.54) is 81.9 Å². The molecule has 0 aromatic heterocycles. The Labute approximate surface area is 294 Å². The molecule has 4 saturated heterocycles. The van der Waals surface area contributed by atoms with Crippen molar-refractivity contribution >= 4 is 59.1 Å². The molecular formula is C32H38N6O10S2. The molecule has 268 valence electrons. The highest BCUT2D eigenvalue weighted by Gasteiger charge is 2.65. The highest BCUT2D eigenvalue weighted by Crippen LogP contribution is 2.52. The largest absolute Gasteiger partial charge is 0.508 e. The fourth-order valence-electron chi connectivity index (χ4n) is 6.44. The van der Waals surface area contributed by atoms with Crippen molar-refractivity contribution in [1.82, 2.24) is 20.4 Å². The van der Waals surface area contributed by atoms with Gasteiger partial charge in [-0.1, -0.05) is 24.3 Å². The van der Waals surface area contributed by atoms with E-state index >= 15 is 0 Å². The summed E-state index contributed by atoms with van der Waals surface area (Å²) in [6, 6.07) is 6.41. The first-order chi connectivity index (χ1) is 23.3. The molecule has 0 radical (unpaired) electrons. The van der Waals surface area contributed by atoms with Crippen LogP contribution < -0.4 is 22.1 Å². The molecule has 0 bridgehead atoms.